The van der Waals surface area contributed by atoms with E-state index in [9.17, 15) is 4.79 Å². The maximum absolute atomic E-state index is 11.9. The first-order valence-corrected chi connectivity index (χ1v) is 10.1. The summed E-state index contributed by atoms with van der Waals surface area (Å²) in [4.78, 5) is 16.0. The summed E-state index contributed by atoms with van der Waals surface area (Å²) in [5.41, 5.74) is 2.14. The molecule has 2 aromatic heterocycles. The van der Waals surface area contributed by atoms with Crippen molar-refractivity contribution in [1.29, 1.82) is 0 Å². The zero-order chi connectivity index (χ0) is 22.3. The third-order valence-corrected chi connectivity index (χ3v) is 4.62. The average molecular weight is 430 g/mol. The first-order chi connectivity index (χ1) is 15.6. The summed E-state index contributed by atoms with van der Waals surface area (Å²) in [5.74, 6) is 2.69. The molecule has 0 atom stereocenters. The number of methoxy groups -OCH3 is 1. The fourth-order valence-corrected chi connectivity index (χ4v) is 3.01. The van der Waals surface area contributed by atoms with E-state index in [1.165, 1.54) is 0 Å². The lowest BCUT2D eigenvalue weighted by Gasteiger charge is -2.08. The van der Waals surface area contributed by atoms with Crippen molar-refractivity contribution < 1.29 is 18.7 Å². The predicted molar refractivity (Wildman–Crippen MR) is 118 cm³/mol. The standard InChI is InChI=1S/C24H22N4O4/c1-3-25-23(29)21-15-20(12-13-26-21)31-19-8-4-16(5-9-19)14-22-27-28-24(32-22)17-6-10-18(30-2)11-7-17/h4-13,15H,3,14H2,1-2H3,(H,25,29). The van der Waals surface area contributed by atoms with Crippen LogP contribution in [-0.2, 0) is 6.42 Å². The lowest BCUT2D eigenvalue weighted by molar-refractivity contribution is 0.0950. The lowest BCUT2D eigenvalue weighted by Crippen LogP contribution is -2.23. The van der Waals surface area contributed by atoms with E-state index in [2.05, 4.69) is 20.5 Å². The van der Waals surface area contributed by atoms with E-state index < -0.39 is 0 Å². The number of pyridine rings is 1. The first-order valence-electron chi connectivity index (χ1n) is 10.1. The van der Waals surface area contributed by atoms with Gasteiger partial charge >= 0.3 is 0 Å². The van der Waals surface area contributed by atoms with E-state index >= 15 is 0 Å². The van der Waals surface area contributed by atoms with Crippen LogP contribution in [0, 0.1) is 0 Å². The zero-order valence-corrected chi connectivity index (χ0v) is 17.7. The molecular weight excluding hydrogens is 408 g/mol. The Bertz CT molecular complexity index is 1190. The van der Waals surface area contributed by atoms with Gasteiger partial charge < -0.3 is 19.2 Å². The Kier molecular flexibility index (Phi) is 6.41. The van der Waals surface area contributed by atoms with Crippen LogP contribution in [0.15, 0.2) is 71.3 Å². The summed E-state index contributed by atoms with van der Waals surface area (Å²) in [6.07, 6.45) is 2.05. The molecule has 0 aliphatic heterocycles. The van der Waals surface area contributed by atoms with Crippen LogP contribution >= 0.6 is 0 Å². The number of aromatic nitrogens is 3. The van der Waals surface area contributed by atoms with E-state index in [0.717, 1.165) is 16.9 Å². The Labute approximate surface area is 185 Å². The molecule has 0 saturated carbocycles. The Hall–Kier alpha value is -4.20. The van der Waals surface area contributed by atoms with Gasteiger partial charge in [0.05, 0.1) is 13.5 Å². The number of nitrogens with one attached hydrogen (secondary N) is 1. The SMILES string of the molecule is CCNC(=O)c1cc(Oc2ccc(Cc3nnc(-c4ccc(OC)cc4)o3)cc2)ccn1. The molecule has 0 unspecified atom stereocenters. The highest BCUT2D eigenvalue weighted by Gasteiger charge is 2.11. The second kappa shape index (κ2) is 9.74. The topological polar surface area (TPSA) is 99.4 Å². The van der Waals surface area contributed by atoms with Crippen LogP contribution in [0.25, 0.3) is 11.5 Å². The van der Waals surface area contributed by atoms with E-state index in [0.29, 0.717) is 41.9 Å². The van der Waals surface area contributed by atoms with Crippen LogP contribution in [0.4, 0.5) is 0 Å². The maximum atomic E-state index is 11.9. The number of benzene rings is 2. The number of carbonyl (C=O) groups excluding carboxylic acids is 1. The second-order valence-electron chi connectivity index (χ2n) is 6.89. The van der Waals surface area contributed by atoms with Gasteiger partial charge in [-0.3, -0.25) is 9.78 Å². The molecule has 0 bridgehead atoms. The van der Waals surface area contributed by atoms with E-state index in [1.54, 1.807) is 25.4 Å². The van der Waals surface area contributed by atoms with Gasteiger partial charge in [0.15, 0.2) is 0 Å². The predicted octanol–water partition coefficient (Wildman–Crippen LogP) is 4.27. The minimum absolute atomic E-state index is 0.234. The molecule has 0 aliphatic carbocycles. The van der Waals surface area contributed by atoms with E-state index in [4.69, 9.17) is 13.9 Å². The molecule has 2 heterocycles. The molecule has 0 spiro atoms. The van der Waals surface area contributed by atoms with Gasteiger partial charge in [-0.1, -0.05) is 12.1 Å². The number of nitrogens with zero attached hydrogens (tertiary/aromatic N) is 3. The minimum Gasteiger partial charge on any atom is -0.497 e. The Morgan fingerprint density at radius 3 is 2.44 bits per heavy atom. The van der Waals surface area contributed by atoms with Crippen LogP contribution < -0.4 is 14.8 Å². The van der Waals surface area contributed by atoms with Gasteiger partial charge in [0.2, 0.25) is 11.8 Å². The van der Waals surface area contributed by atoms with Crippen molar-refractivity contribution >= 4 is 5.91 Å². The van der Waals surface area contributed by atoms with Crippen LogP contribution in [0.3, 0.4) is 0 Å². The highest BCUT2D eigenvalue weighted by atomic mass is 16.5. The molecule has 4 aromatic rings. The average Bonchev–Trinajstić information content (AvgIpc) is 3.29. The number of ether oxygens (including phenoxy) is 2. The second-order valence-corrected chi connectivity index (χ2v) is 6.89. The highest BCUT2D eigenvalue weighted by molar-refractivity contribution is 5.92. The van der Waals surface area contributed by atoms with Crippen molar-refractivity contribution in [3.8, 4) is 28.7 Å². The number of hydrogen-bond acceptors (Lipinski definition) is 7. The summed E-state index contributed by atoms with van der Waals surface area (Å²) >= 11 is 0. The summed E-state index contributed by atoms with van der Waals surface area (Å²) in [5, 5.41) is 11.0. The molecule has 0 fully saturated rings. The first kappa shape index (κ1) is 21.0. The molecule has 1 amide bonds. The van der Waals surface area contributed by atoms with Crippen molar-refractivity contribution in [3.63, 3.8) is 0 Å². The highest BCUT2D eigenvalue weighted by Crippen LogP contribution is 2.24. The largest absolute Gasteiger partial charge is 0.497 e. The van der Waals surface area contributed by atoms with Crippen molar-refractivity contribution in [3.05, 3.63) is 84.0 Å². The van der Waals surface area contributed by atoms with Crippen molar-refractivity contribution in [2.75, 3.05) is 13.7 Å². The van der Waals surface area contributed by atoms with Gasteiger partial charge in [-0.2, -0.15) is 0 Å². The lowest BCUT2D eigenvalue weighted by atomic mass is 10.1. The molecule has 162 valence electrons. The van der Waals surface area contributed by atoms with Crippen LogP contribution in [-0.4, -0.2) is 34.7 Å². The molecule has 0 aliphatic rings. The fourth-order valence-electron chi connectivity index (χ4n) is 3.01. The van der Waals surface area contributed by atoms with Gasteiger partial charge in [0, 0.05) is 24.4 Å². The fraction of sp³-hybridized carbons (Fsp3) is 0.167. The smallest absolute Gasteiger partial charge is 0.270 e. The zero-order valence-electron chi connectivity index (χ0n) is 17.7. The van der Waals surface area contributed by atoms with Gasteiger partial charge in [-0.25, -0.2) is 0 Å². The number of rotatable bonds is 8. The molecule has 0 radical (unpaired) electrons. The van der Waals surface area contributed by atoms with Gasteiger partial charge in [-0.15, -0.1) is 10.2 Å². The third kappa shape index (κ3) is 5.10. The molecule has 8 nitrogen and oxygen atoms in total. The van der Waals surface area contributed by atoms with Crippen LogP contribution in [0.1, 0.15) is 28.9 Å². The van der Waals surface area contributed by atoms with E-state index in [1.807, 2.05) is 55.5 Å². The normalized spacial score (nSPS) is 10.6. The maximum Gasteiger partial charge on any atom is 0.270 e. The molecule has 2 aromatic carbocycles. The van der Waals surface area contributed by atoms with Crippen LogP contribution in [0.5, 0.6) is 17.2 Å². The number of carbonyl (C=O) groups is 1. The summed E-state index contributed by atoms with van der Waals surface area (Å²) in [7, 11) is 1.62. The molecule has 0 saturated heterocycles. The van der Waals surface area contributed by atoms with Crippen molar-refractivity contribution in [1.82, 2.24) is 20.5 Å². The quantitative estimate of drug-likeness (QED) is 0.445. The number of hydrogen-bond donors (Lipinski definition) is 1. The summed E-state index contributed by atoms with van der Waals surface area (Å²) in [6, 6.07) is 18.3. The van der Waals surface area contributed by atoms with Crippen molar-refractivity contribution in [2.24, 2.45) is 0 Å². The Balaban J connectivity index is 1.40. The summed E-state index contributed by atoms with van der Waals surface area (Å²) < 4.78 is 16.8. The summed E-state index contributed by atoms with van der Waals surface area (Å²) in [6.45, 7) is 2.39. The molecule has 8 heteroatoms. The Morgan fingerprint density at radius 1 is 0.969 bits per heavy atom. The molecule has 4 rings (SSSR count). The van der Waals surface area contributed by atoms with E-state index in [-0.39, 0.29) is 5.91 Å². The molecular formula is C24H22N4O4. The minimum atomic E-state index is -0.234. The molecule has 32 heavy (non-hydrogen) atoms. The van der Waals surface area contributed by atoms with Gasteiger partial charge in [0.25, 0.3) is 5.91 Å². The Morgan fingerprint density at radius 2 is 1.72 bits per heavy atom. The van der Waals surface area contributed by atoms with Gasteiger partial charge in [0.1, 0.15) is 22.9 Å². The number of amides is 1. The van der Waals surface area contributed by atoms with Crippen LogP contribution in [0.2, 0.25) is 0 Å². The van der Waals surface area contributed by atoms with Gasteiger partial charge in [-0.05, 0) is 55.0 Å². The van der Waals surface area contributed by atoms with Crippen molar-refractivity contribution in [2.45, 2.75) is 13.3 Å². The monoisotopic (exact) mass is 430 g/mol. The molecule has 1 N–H and O–H groups in total. The third-order valence-electron chi connectivity index (χ3n) is 4.62.